The van der Waals surface area contributed by atoms with E-state index in [-0.39, 0.29) is 28.2 Å². The minimum atomic E-state index is -1.90. The third-order valence-electron chi connectivity index (χ3n) is 6.15. The maximum Gasteiger partial charge on any atom is 0.192 e. The molecule has 0 aromatic rings. The van der Waals surface area contributed by atoms with Crippen LogP contribution in [0, 0.1) is 18.3 Å². The Morgan fingerprint density at radius 3 is 1.68 bits per heavy atom. The summed E-state index contributed by atoms with van der Waals surface area (Å²) >= 11 is 0. The fourth-order valence-electron chi connectivity index (χ4n) is 2.10. The first-order valence-electron chi connectivity index (χ1n) is 9.42. The van der Waals surface area contributed by atoms with Gasteiger partial charge in [0.2, 0.25) is 0 Å². The Morgan fingerprint density at radius 1 is 0.960 bits per heavy atom. The summed E-state index contributed by atoms with van der Waals surface area (Å²) in [6.07, 6.45) is 8.17. The van der Waals surface area contributed by atoms with Gasteiger partial charge in [-0.25, -0.2) is 0 Å². The summed E-state index contributed by atoms with van der Waals surface area (Å²) in [6.45, 7) is 28.9. The Hall–Kier alpha value is -0.346. The monoisotopic (exact) mass is 382 g/mol. The van der Waals surface area contributed by atoms with Crippen molar-refractivity contribution in [2.45, 2.75) is 103 Å². The molecule has 0 aromatic carbocycles. The van der Waals surface area contributed by atoms with Crippen LogP contribution in [0.3, 0.4) is 0 Å². The Balaban J connectivity index is 5.47. The molecule has 146 valence electrons. The van der Waals surface area contributed by atoms with Gasteiger partial charge in [0.05, 0.1) is 12.2 Å². The van der Waals surface area contributed by atoms with E-state index >= 15 is 0 Å². The van der Waals surface area contributed by atoms with Crippen LogP contribution in [0.5, 0.6) is 0 Å². The summed E-state index contributed by atoms with van der Waals surface area (Å²) in [6, 6.07) is 0. The summed E-state index contributed by atoms with van der Waals surface area (Å²) in [5.41, 5.74) is 0. The quantitative estimate of drug-likeness (QED) is 0.267. The first-order valence-corrected chi connectivity index (χ1v) is 15.2. The molecule has 0 amide bonds. The Morgan fingerprint density at radius 2 is 1.36 bits per heavy atom. The minimum Gasteiger partial charge on any atom is -0.413 e. The van der Waals surface area contributed by atoms with Crippen molar-refractivity contribution in [3.63, 3.8) is 0 Å². The molecule has 0 spiro atoms. The zero-order valence-electron chi connectivity index (χ0n) is 18.6. The molecule has 0 aliphatic rings. The van der Waals surface area contributed by atoms with E-state index in [2.05, 4.69) is 87.2 Å². The van der Waals surface area contributed by atoms with Crippen molar-refractivity contribution in [3.05, 3.63) is 12.7 Å². The highest BCUT2D eigenvalue weighted by Gasteiger charge is 2.43. The Labute approximate surface area is 160 Å². The van der Waals surface area contributed by atoms with Crippen LogP contribution in [0.15, 0.2) is 12.7 Å². The lowest BCUT2D eigenvalue weighted by molar-refractivity contribution is 0.0604. The van der Waals surface area contributed by atoms with E-state index in [9.17, 15) is 0 Å². The molecule has 0 N–H and O–H groups in total. The van der Waals surface area contributed by atoms with Gasteiger partial charge in [0.25, 0.3) is 0 Å². The third kappa shape index (κ3) is 6.71. The van der Waals surface area contributed by atoms with E-state index in [0.717, 1.165) is 0 Å². The van der Waals surface area contributed by atoms with Crippen LogP contribution in [0.25, 0.3) is 0 Å². The van der Waals surface area contributed by atoms with Crippen LogP contribution in [-0.2, 0) is 8.85 Å². The molecule has 0 fully saturated rings. The van der Waals surface area contributed by atoms with E-state index in [0.29, 0.717) is 6.42 Å². The molecule has 2 nitrogen and oxygen atoms in total. The van der Waals surface area contributed by atoms with Crippen LogP contribution in [0.1, 0.15) is 54.9 Å². The minimum absolute atomic E-state index is 0.00124. The molecule has 25 heavy (non-hydrogen) atoms. The molecular weight excluding hydrogens is 340 g/mol. The lowest BCUT2D eigenvalue weighted by Crippen LogP contribution is -2.50. The molecule has 0 aromatic heterocycles. The van der Waals surface area contributed by atoms with Gasteiger partial charge in [-0.2, -0.15) is 0 Å². The number of terminal acetylenes is 1. The van der Waals surface area contributed by atoms with Crippen molar-refractivity contribution in [2.24, 2.45) is 5.92 Å². The second kappa shape index (κ2) is 8.56. The summed E-state index contributed by atoms with van der Waals surface area (Å²) in [4.78, 5) is 0. The van der Waals surface area contributed by atoms with E-state index in [4.69, 9.17) is 15.3 Å². The molecule has 0 unspecified atom stereocenters. The van der Waals surface area contributed by atoms with Crippen LogP contribution in [0.4, 0.5) is 0 Å². The van der Waals surface area contributed by atoms with Gasteiger partial charge in [-0.3, -0.25) is 0 Å². The third-order valence-corrected chi connectivity index (χ3v) is 15.1. The van der Waals surface area contributed by atoms with Crippen molar-refractivity contribution in [2.75, 3.05) is 0 Å². The number of rotatable bonds is 8. The average Bonchev–Trinajstić information content (AvgIpc) is 2.40. The summed E-state index contributed by atoms with van der Waals surface area (Å²) in [5, 5.41) is 0.319. The van der Waals surface area contributed by atoms with Gasteiger partial charge in [-0.1, -0.05) is 54.5 Å². The molecule has 0 aliphatic carbocycles. The van der Waals surface area contributed by atoms with Gasteiger partial charge in [-0.15, -0.1) is 18.9 Å². The molecular formula is C21H42O2Si2. The predicted molar refractivity (Wildman–Crippen MR) is 117 cm³/mol. The number of hydrogen-bond acceptors (Lipinski definition) is 2. The first-order chi connectivity index (χ1) is 11.0. The van der Waals surface area contributed by atoms with Crippen LogP contribution in [-0.4, -0.2) is 28.8 Å². The molecule has 0 bridgehead atoms. The zero-order valence-corrected chi connectivity index (χ0v) is 20.6. The summed E-state index contributed by atoms with van der Waals surface area (Å²) in [5.74, 6) is 2.99. The Kier molecular flexibility index (Phi) is 8.44. The molecule has 4 heteroatoms. The fourth-order valence-corrected chi connectivity index (χ4v) is 4.86. The normalized spacial score (nSPS) is 17.5. The largest absolute Gasteiger partial charge is 0.413 e. The van der Waals surface area contributed by atoms with E-state index < -0.39 is 16.6 Å². The van der Waals surface area contributed by atoms with Gasteiger partial charge in [0, 0.05) is 12.3 Å². The van der Waals surface area contributed by atoms with E-state index in [1.807, 2.05) is 6.08 Å². The maximum absolute atomic E-state index is 6.67. The second-order valence-electron chi connectivity index (χ2n) is 10.3. The Bertz CT molecular complexity index is 476. The van der Waals surface area contributed by atoms with Gasteiger partial charge in [0.1, 0.15) is 0 Å². The topological polar surface area (TPSA) is 18.5 Å². The van der Waals surface area contributed by atoms with Crippen LogP contribution >= 0.6 is 0 Å². The SMILES string of the molecule is C#CC[C@@H](O[Si](C)(C)C(C)(C)C)[C@H](C)[C@@H](C=C)O[Si](C)(C)C(C)(C)C. The second-order valence-corrected chi connectivity index (χ2v) is 19.8. The standard InChI is InChI=1S/C21H42O2Si2/c1-14-16-19(23-25(12,13)21(7,8)9)17(3)18(15-2)22-24(10,11)20(4,5)6/h1,15,17-19H,2,16H2,3-13H3/t17-,18-,19-/m1/s1. The van der Waals surface area contributed by atoms with Crippen molar-refractivity contribution >= 4 is 16.6 Å². The predicted octanol–water partition coefficient (Wildman–Crippen LogP) is 6.61. The highest BCUT2D eigenvalue weighted by molar-refractivity contribution is 6.74. The smallest absolute Gasteiger partial charge is 0.192 e. The molecule has 0 aliphatic heterocycles. The van der Waals surface area contributed by atoms with E-state index in [1.165, 1.54) is 0 Å². The highest BCUT2D eigenvalue weighted by atomic mass is 28.4. The average molecular weight is 383 g/mol. The van der Waals surface area contributed by atoms with Gasteiger partial charge in [-0.05, 0) is 36.3 Å². The molecule has 0 saturated heterocycles. The lowest BCUT2D eigenvalue weighted by atomic mass is 9.96. The van der Waals surface area contributed by atoms with Crippen LogP contribution < -0.4 is 0 Å². The van der Waals surface area contributed by atoms with E-state index in [1.54, 1.807) is 0 Å². The van der Waals surface area contributed by atoms with Gasteiger partial charge in [0.15, 0.2) is 16.6 Å². The summed E-state index contributed by atoms with van der Waals surface area (Å²) in [7, 11) is -3.78. The zero-order chi connectivity index (χ0) is 20.3. The molecule has 0 heterocycles. The summed E-state index contributed by atoms with van der Waals surface area (Å²) < 4.78 is 13.3. The lowest BCUT2D eigenvalue weighted by Gasteiger charge is -2.44. The molecule has 0 rings (SSSR count). The van der Waals surface area contributed by atoms with Gasteiger partial charge >= 0.3 is 0 Å². The van der Waals surface area contributed by atoms with Crippen LogP contribution in [0.2, 0.25) is 36.3 Å². The van der Waals surface area contributed by atoms with Crippen molar-refractivity contribution in [1.82, 2.24) is 0 Å². The molecule has 0 saturated carbocycles. The van der Waals surface area contributed by atoms with Gasteiger partial charge < -0.3 is 8.85 Å². The maximum atomic E-state index is 6.67. The van der Waals surface area contributed by atoms with Crippen molar-refractivity contribution < 1.29 is 8.85 Å². The number of hydrogen-bond donors (Lipinski definition) is 0. The van der Waals surface area contributed by atoms with Crippen molar-refractivity contribution in [1.29, 1.82) is 0 Å². The fraction of sp³-hybridized carbons (Fsp3) is 0.810. The highest BCUT2D eigenvalue weighted by Crippen LogP contribution is 2.41. The molecule has 0 radical (unpaired) electrons. The molecule has 3 atom stereocenters. The first kappa shape index (κ1) is 24.7. The van der Waals surface area contributed by atoms with Crippen molar-refractivity contribution in [3.8, 4) is 12.3 Å².